The number of amides is 1. The Bertz CT molecular complexity index is 1120. The van der Waals surface area contributed by atoms with E-state index < -0.39 is 17.9 Å². The Morgan fingerprint density at radius 3 is 2.60 bits per heavy atom. The Morgan fingerprint density at radius 1 is 1.13 bits per heavy atom. The quantitative estimate of drug-likeness (QED) is 0.632. The fourth-order valence-corrected chi connectivity index (χ4v) is 3.91. The van der Waals surface area contributed by atoms with Crippen molar-refractivity contribution in [3.8, 4) is 0 Å². The van der Waals surface area contributed by atoms with Crippen LogP contribution < -0.4 is 0 Å². The SMILES string of the molecule is Cc1cc(C(F)(F)F)n2nc(C3CCCCN3C(=O)c3cnc(C)nc3C)cc2n1. The molecular weight excluding hydrogens is 397 g/mol. The van der Waals surface area contributed by atoms with Crippen molar-refractivity contribution in [2.45, 2.75) is 52.3 Å². The number of hydrogen-bond donors (Lipinski definition) is 0. The summed E-state index contributed by atoms with van der Waals surface area (Å²) >= 11 is 0. The first kappa shape index (κ1) is 20.2. The number of carbonyl (C=O) groups is 1. The van der Waals surface area contributed by atoms with Crippen molar-refractivity contribution in [1.29, 1.82) is 0 Å². The lowest BCUT2D eigenvalue weighted by Crippen LogP contribution is -2.39. The van der Waals surface area contributed by atoms with Crippen LogP contribution in [0.15, 0.2) is 18.3 Å². The number of alkyl halides is 3. The second-order valence-electron chi connectivity index (χ2n) is 7.55. The molecule has 30 heavy (non-hydrogen) atoms. The van der Waals surface area contributed by atoms with Crippen molar-refractivity contribution < 1.29 is 18.0 Å². The molecule has 0 saturated carbocycles. The van der Waals surface area contributed by atoms with Gasteiger partial charge in [-0.05, 0) is 46.1 Å². The summed E-state index contributed by atoms with van der Waals surface area (Å²) in [6.07, 6.45) is -0.784. The molecule has 0 radical (unpaired) electrons. The fourth-order valence-electron chi connectivity index (χ4n) is 3.91. The van der Waals surface area contributed by atoms with Crippen molar-refractivity contribution >= 4 is 11.6 Å². The van der Waals surface area contributed by atoms with Crippen LogP contribution >= 0.6 is 0 Å². The molecule has 0 aromatic carbocycles. The van der Waals surface area contributed by atoms with E-state index in [-0.39, 0.29) is 17.2 Å². The van der Waals surface area contributed by atoms with Gasteiger partial charge in [0.2, 0.25) is 0 Å². The maximum Gasteiger partial charge on any atom is 0.433 e. The molecule has 3 aromatic rings. The van der Waals surface area contributed by atoms with Crippen molar-refractivity contribution in [3.05, 3.63) is 52.5 Å². The first-order valence-electron chi connectivity index (χ1n) is 9.71. The Hall–Kier alpha value is -3.04. The van der Waals surface area contributed by atoms with Gasteiger partial charge in [0.05, 0.1) is 23.0 Å². The molecule has 0 N–H and O–H groups in total. The average Bonchev–Trinajstić information content (AvgIpc) is 3.09. The lowest BCUT2D eigenvalue weighted by Gasteiger charge is -2.35. The second kappa shape index (κ2) is 7.33. The standard InChI is InChI=1S/C20H21F3N6O/c1-11-8-17(20(21,22)23)29-18(25-11)9-15(27-29)16-6-4-5-7-28(16)19(30)14-10-24-13(3)26-12(14)2/h8-10,16H,4-7H2,1-3H3. The predicted octanol–water partition coefficient (Wildman–Crippen LogP) is 3.83. The van der Waals surface area contributed by atoms with Crippen LogP contribution in [-0.2, 0) is 6.18 Å². The normalized spacial score (nSPS) is 17.5. The number of aromatic nitrogens is 5. The summed E-state index contributed by atoms with van der Waals surface area (Å²) in [6, 6.07) is 2.08. The van der Waals surface area contributed by atoms with Crippen LogP contribution in [0.25, 0.3) is 5.65 Å². The molecular formula is C20H21F3N6O. The number of halogens is 3. The van der Waals surface area contributed by atoms with E-state index in [4.69, 9.17) is 0 Å². The first-order valence-corrected chi connectivity index (χ1v) is 9.71. The maximum absolute atomic E-state index is 13.5. The van der Waals surface area contributed by atoms with E-state index in [1.54, 1.807) is 18.7 Å². The monoisotopic (exact) mass is 418 g/mol. The van der Waals surface area contributed by atoms with Gasteiger partial charge in [-0.2, -0.15) is 18.3 Å². The molecule has 3 aromatic heterocycles. The molecule has 1 atom stereocenters. The van der Waals surface area contributed by atoms with Gasteiger partial charge in [-0.3, -0.25) is 4.79 Å². The van der Waals surface area contributed by atoms with E-state index in [1.165, 1.54) is 19.2 Å². The third-order valence-corrected chi connectivity index (χ3v) is 5.30. The summed E-state index contributed by atoms with van der Waals surface area (Å²) in [5, 5.41) is 4.22. The maximum atomic E-state index is 13.5. The zero-order chi connectivity index (χ0) is 21.6. The van der Waals surface area contributed by atoms with Crippen LogP contribution in [0.1, 0.15) is 64.3 Å². The number of fused-ring (bicyclic) bond motifs is 1. The van der Waals surface area contributed by atoms with Crippen LogP contribution in [-0.4, -0.2) is 41.9 Å². The molecule has 158 valence electrons. The van der Waals surface area contributed by atoms with Gasteiger partial charge in [0.1, 0.15) is 11.5 Å². The first-order chi connectivity index (χ1) is 14.1. The topological polar surface area (TPSA) is 76.3 Å². The summed E-state index contributed by atoms with van der Waals surface area (Å²) in [5.41, 5.74) is 0.852. The number of likely N-dealkylation sites (tertiary alicyclic amines) is 1. The van der Waals surface area contributed by atoms with Gasteiger partial charge in [-0.25, -0.2) is 19.5 Å². The molecule has 1 amide bonds. The Morgan fingerprint density at radius 2 is 1.90 bits per heavy atom. The minimum atomic E-state index is -4.56. The van der Waals surface area contributed by atoms with Crippen molar-refractivity contribution in [2.75, 3.05) is 6.54 Å². The third kappa shape index (κ3) is 3.61. The molecule has 4 rings (SSSR count). The minimum Gasteiger partial charge on any atom is -0.330 e. The van der Waals surface area contributed by atoms with Gasteiger partial charge < -0.3 is 4.90 Å². The highest BCUT2D eigenvalue weighted by molar-refractivity contribution is 5.95. The molecule has 1 aliphatic rings. The lowest BCUT2D eigenvalue weighted by molar-refractivity contribution is -0.142. The minimum absolute atomic E-state index is 0.116. The van der Waals surface area contributed by atoms with E-state index in [0.717, 1.165) is 23.4 Å². The molecule has 0 spiro atoms. The molecule has 1 unspecified atom stereocenters. The molecule has 10 heteroatoms. The van der Waals surface area contributed by atoms with Gasteiger partial charge in [0.15, 0.2) is 5.65 Å². The Labute approximate surface area is 171 Å². The van der Waals surface area contributed by atoms with Gasteiger partial charge in [-0.15, -0.1) is 0 Å². The number of hydrogen-bond acceptors (Lipinski definition) is 5. The van der Waals surface area contributed by atoms with Gasteiger partial charge >= 0.3 is 6.18 Å². The highest BCUT2D eigenvalue weighted by Crippen LogP contribution is 2.34. The number of carbonyl (C=O) groups excluding carboxylic acids is 1. The number of piperidine rings is 1. The van der Waals surface area contributed by atoms with E-state index >= 15 is 0 Å². The third-order valence-electron chi connectivity index (χ3n) is 5.30. The van der Waals surface area contributed by atoms with Gasteiger partial charge in [0, 0.05) is 24.5 Å². The molecule has 1 saturated heterocycles. The highest BCUT2D eigenvalue weighted by atomic mass is 19.4. The largest absolute Gasteiger partial charge is 0.433 e. The highest BCUT2D eigenvalue weighted by Gasteiger charge is 2.36. The zero-order valence-electron chi connectivity index (χ0n) is 16.9. The van der Waals surface area contributed by atoms with Crippen molar-refractivity contribution in [1.82, 2.24) is 29.5 Å². The summed E-state index contributed by atoms with van der Waals surface area (Å²) in [5.74, 6) is 0.329. The summed E-state index contributed by atoms with van der Waals surface area (Å²) in [7, 11) is 0. The Balaban J connectivity index is 1.76. The molecule has 0 aliphatic carbocycles. The molecule has 1 aliphatic heterocycles. The number of rotatable bonds is 2. The van der Waals surface area contributed by atoms with Crippen LogP contribution in [0, 0.1) is 20.8 Å². The fraction of sp³-hybridized carbons (Fsp3) is 0.450. The van der Waals surface area contributed by atoms with E-state index in [0.29, 0.717) is 35.7 Å². The van der Waals surface area contributed by atoms with Crippen LogP contribution in [0.2, 0.25) is 0 Å². The molecule has 0 bridgehead atoms. The zero-order valence-corrected chi connectivity index (χ0v) is 16.9. The molecule has 7 nitrogen and oxygen atoms in total. The van der Waals surface area contributed by atoms with Crippen LogP contribution in [0.4, 0.5) is 13.2 Å². The van der Waals surface area contributed by atoms with Crippen LogP contribution in [0.5, 0.6) is 0 Å². The van der Waals surface area contributed by atoms with E-state index in [2.05, 4.69) is 20.1 Å². The van der Waals surface area contributed by atoms with Crippen LogP contribution in [0.3, 0.4) is 0 Å². The number of nitrogens with zero attached hydrogens (tertiary/aromatic N) is 6. The van der Waals surface area contributed by atoms with Gasteiger partial charge in [0.25, 0.3) is 5.91 Å². The predicted molar refractivity (Wildman–Crippen MR) is 102 cm³/mol. The van der Waals surface area contributed by atoms with Crippen molar-refractivity contribution in [3.63, 3.8) is 0 Å². The summed E-state index contributed by atoms with van der Waals surface area (Å²) in [4.78, 5) is 27.5. The second-order valence-corrected chi connectivity index (χ2v) is 7.55. The Kier molecular flexibility index (Phi) is 4.95. The lowest BCUT2D eigenvalue weighted by atomic mass is 9.98. The summed E-state index contributed by atoms with van der Waals surface area (Å²) < 4.78 is 41.3. The number of aryl methyl sites for hydroxylation is 3. The average molecular weight is 418 g/mol. The van der Waals surface area contributed by atoms with E-state index in [9.17, 15) is 18.0 Å². The van der Waals surface area contributed by atoms with Gasteiger partial charge in [-0.1, -0.05) is 0 Å². The molecule has 4 heterocycles. The van der Waals surface area contributed by atoms with E-state index in [1.807, 2.05) is 0 Å². The smallest absolute Gasteiger partial charge is 0.330 e. The molecule has 1 fully saturated rings. The van der Waals surface area contributed by atoms with Crippen molar-refractivity contribution in [2.24, 2.45) is 0 Å². The summed E-state index contributed by atoms with van der Waals surface area (Å²) in [6.45, 7) is 5.49.